The summed E-state index contributed by atoms with van der Waals surface area (Å²) in [6.45, 7) is -0.441. The fraction of sp³-hybridized carbons (Fsp3) is 0.364. The molecule has 1 aromatic carbocycles. The van der Waals surface area contributed by atoms with Crippen LogP contribution in [0.5, 0.6) is 5.75 Å². The third-order valence-corrected chi connectivity index (χ3v) is 6.38. The summed E-state index contributed by atoms with van der Waals surface area (Å²) in [6, 6.07) is 6.66. The Morgan fingerprint density at radius 3 is 2.61 bits per heavy atom. The van der Waals surface area contributed by atoms with Gasteiger partial charge in [-0.05, 0) is 43.5 Å². The van der Waals surface area contributed by atoms with Crippen LogP contribution in [0.1, 0.15) is 40.1 Å². The van der Waals surface area contributed by atoms with Crippen LogP contribution in [0.4, 0.5) is 4.39 Å². The number of carbonyl (C=O) groups excluding carboxylic acids is 3. The smallest absolute Gasteiger partial charge is 0.273 e. The third-order valence-electron chi connectivity index (χ3n) is 6.07. The lowest BCUT2D eigenvalue weighted by atomic mass is 9.43. The molecule has 0 radical (unpaired) electrons. The van der Waals surface area contributed by atoms with Crippen molar-refractivity contribution >= 4 is 29.3 Å². The molecule has 3 aliphatic carbocycles. The minimum atomic E-state index is -0.670. The van der Waals surface area contributed by atoms with E-state index in [2.05, 4.69) is 10.3 Å². The highest BCUT2D eigenvalue weighted by Crippen LogP contribution is 2.63. The number of β-amino-alcohol motifs (C(OH)–C–C–N with tert-alkyl or cyclic N) is 1. The summed E-state index contributed by atoms with van der Waals surface area (Å²) in [5, 5.41) is 12.4. The number of hydrogen-bond acceptors (Lipinski definition) is 6. The van der Waals surface area contributed by atoms with Crippen LogP contribution >= 0.6 is 11.6 Å². The second-order valence-corrected chi connectivity index (χ2v) is 8.83. The molecule has 0 spiro atoms. The van der Waals surface area contributed by atoms with Crippen molar-refractivity contribution in [3.63, 3.8) is 0 Å². The average molecular weight is 477 g/mol. The largest absolute Gasteiger partial charge is 0.484 e. The maximum absolute atomic E-state index is 13.5. The number of rotatable bonds is 9. The molecule has 3 fully saturated rings. The molecule has 5 rings (SSSR count). The van der Waals surface area contributed by atoms with E-state index in [1.54, 1.807) is 4.90 Å². The van der Waals surface area contributed by atoms with Gasteiger partial charge >= 0.3 is 0 Å². The number of amides is 3. The van der Waals surface area contributed by atoms with Gasteiger partial charge in [0, 0.05) is 29.9 Å². The second-order valence-electron chi connectivity index (χ2n) is 8.42. The van der Waals surface area contributed by atoms with Gasteiger partial charge in [-0.15, -0.1) is 0 Å². The molecule has 2 bridgehead atoms. The summed E-state index contributed by atoms with van der Waals surface area (Å²) in [5.41, 5.74) is 4.55. The highest BCUT2D eigenvalue weighted by atomic mass is 35.5. The number of nitrogens with two attached hydrogens (primary N) is 1. The first-order valence-electron chi connectivity index (χ1n) is 10.2. The highest BCUT2D eigenvalue weighted by molar-refractivity contribution is 6.30. The number of halogens is 2. The summed E-state index contributed by atoms with van der Waals surface area (Å²) in [6.07, 6.45) is 2.88. The minimum Gasteiger partial charge on any atom is -0.484 e. The number of aliphatic hydroxyl groups excluding tert-OH is 1. The number of benzene rings is 1. The first-order chi connectivity index (χ1) is 15.7. The summed E-state index contributed by atoms with van der Waals surface area (Å²) in [4.78, 5) is 42.4. The molecule has 1 heterocycles. The standard InChI is InChI=1S/C22H22ClFN4O5/c23-15-2-1-14(8-16(15)24)33-9-18(30)27-21-10-22(11-21,12-21)28(5-6-29)20(32)17-7-13(19(25)31)3-4-26-17/h1-4,7-8,29H,5-6,9-12H2,(H2,25,31)(H,27,30). The van der Waals surface area contributed by atoms with Crippen molar-refractivity contribution in [2.45, 2.75) is 30.3 Å². The van der Waals surface area contributed by atoms with Crippen LogP contribution in [0.25, 0.3) is 0 Å². The lowest BCUT2D eigenvalue weighted by Crippen LogP contribution is -2.84. The van der Waals surface area contributed by atoms with Gasteiger partial charge in [0.25, 0.3) is 11.8 Å². The second kappa shape index (κ2) is 8.60. The zero-order chi connectivity index (χ0) is 23.8. The number of pyridine rings is 1. The SMILES string of the molecule is NC(=O)c1ccnc(C(=O)N(CCO)C23CC(NC(=O)COc4ccc(Cl)c(F)c4)(C2)C3)c1. The van der Waals surface area contributed by atoms with Gasteiger partial charge in [0.05, 0.1) is 17.2 Å². The van der Waals surface area contributed by atoms with Gasteiger partial charge in [-0.3, -0.25) is 19.4 Å². The van der Waals surface area contributed by atoms with Crippen molar-refractivity contribution in [2.75, 3.05) is 19.8 Å². The topological polar surface area (TPSA) is 135 Å². The maximum Gasteiger partial charge on any atom is 0.273 e. The van der Waals surface area contributed by atoms with Crippen molar-refractivity contribution in [1.29, 1.82) is 0 Å². The van der Waals surface area contributed by atoms with E-state index in [0.717, 1.165) is 6.07 Å². The van der Waals surface area contributed by atoms with E-state index in [-0.39, 0.29) is 47.7 Å². The molecule has 3 amide bonds. The van der Waals surface area contributed by atoms with Crippen molar-refractivity contribution in [2.24, 2.45) is 5.73 Å². The van der Waals surface area contributed by atoms with Crippen LogP contribution in [0.2, 0.25) is 5.02 Å². The zero-order valence-corrected chi connectivity index (χ0v) is 18.3. The Kier molecular flexibility index (Phi) is 5.98. The molecule has 3 saturated carbocycles. The molecular weight excluding hydrogens is 455 g/mol. The highest BCUT2D eigenvalue weighted by Gasteiger charge is 2.71. The predicted molar refractivity (Wildman–Crippen MR) is 115 cm³/mol. The molecule has 3 aliphatic rings. The van der Waals surface area contributed by atoms with E-state index < -0.39 is 28.7 Å². The van der Waals surface area contributed by atoms with Crippen LogP contribution in [0, 0.1) is 5.82 Å². The summed E-state index contributed by atoms with van der Waals surface area (Å²) < 4.78 is 18.8. The molecule has 0 saturated heterocycles. The number of hydrogen-bond donors (Lipinski definition) is 3. The third kappa shape index (κ3) is 4.36. The Morgan fingerprint density at radius 2 is 1.97 bits per heavy atom. The van der Waals surface area contributed by atoms with Crippen molar-refractivity contribution < 1.29 is 28.6 Å². The molecule has 11 heteroatoms. The molecular formula is C22H22ClFN4O5. The fourth-order valence-electron chi connectivity index (χ4n) is 4.69. The predicted octanol–water partition coefficient (Wildman–Crippen LogP) is 1.28. The first-order valence-corrected chi connectivity index (χ1v) is 10.6. The van der Waals surface area contributed by atoms with Crippen LogP contribution < -0.4 is 15.8 Å². The van der Waals surface area contributed by atoms with Gasteiger partial charge < -0.3 is 25.8 Å². The van der Waals surface area contributed by atoms with Crippen molar-refractivity contribution in [3.8, 4) is 5.75 Å². The number of nitrogens with one attached hydrogen (secondary N) is 1. The van der Waals surface area contributed by atoms with E-state index in [9.17, 15) is 23.9 Å². The number of nitrogens with zero attached hydrogens (tertiary/aromatic N) is 2. The molecule has 1 aromatic heterocycles. The Hall–Kier alpha value is -3.24. The van der Waals surface area contributed by atoms with Gasteiger partial charge in [0.15, 0.2) is 6.61 Å². The van der Waals surface area contributed by atoms with Gasteiger partial charge in [-0.1, -0.05) is 11.6 Å². The molecule has 9 nitrogen and oxygen atoms in total. The normalized spacial score (nSPS) is 22.5. The van der Waals surface area contributed by atoms with E-state index in [4.69, 9.17) is 22.1 Å². The van der Waals surface area contributed by atoms with Gasteiger partial charge in [0.2, 0.25) is 5.91 Å². The fourth-order valence-corrected chi connectivity index (χ4v) is 4.81. The molecule has 4 N–H and O–H groups in total. The van der Waals surface area contributed by atoms with Crippen LogP contribution in [-0.4, -0.2) is 63.5 Å². The summed E-state index contributed by atoms with van der Waals surface area (Å²) in [7, 11) is 0. The van der Waals surface area contributed by atoms with Crippen molar-refractivity contribution in [3.05, 3.63) is 58.6 Å². The van der Waals surface area contributed by atoms with E-state index in [1.165, 1.54) is 30.5 Å². The molecule has 0 atom stereocenters. The lowest BCUT2D eigenvalue weighted by molar-refractivity contribution is -0.171. The number of aromatic nitrogens is 1. The molecule has 174 valence electrons. The number of aliphatic hydroxyl groups is 1. The summed E-state index contributed by atoms with van der Waals surface area (Å²) >= 11 is 5.63. The number of ether oxygens (including phenoxy) is 1. The molecule has 2 aromatic rings. The molecule has 0 unspecified atom stereocenters. The van der Waals surface area contributed by atoms with Crippen LogP contribution in [0.3, 0.4) is 0 Å². The molecule has 33 heavy (non-hydrogen) atoms. The maximum atomic E-state index is 13.5. The Balaban J connectivity index is 1.35. The van der Waals surface area contributed by atoms with Crippen LogP contribution in [0.15, 0.2) is 36.5 Å². The minimum absolute atomic E-state index is 0.0375. The van der Waals surface area contributed by atoms with E-state index in [0.29, 0.717) is 19.3 Å². The lowest BCUT2D eigenvalue weighted by Gasteiger charge is -2.73. The monoisotopic (exact) mass is 476 g/mol. The van der Waals surface area contributed by atoms with Crippen LogP contribution in [-0.2, 0) is 4.79 Å². The molecule has 0 aliphatic heterocycles. The van der Waals surface area contributed by atoms with Gasteiger partial charge in [-0.25, -0.2) is 4.39 Å². The van der Waals surface area contributed by atoms with E-state index >= 15 is 0 Å². The Bertz CT molecular complexity index is 1110. The Morgan fingerprint density at radius 1 is 1.24 bits per heavy atom. The average Bonchev–Trinajstić information content (AvgIpc) is 2.74. The number of primary amides is 1. The summed E-state index contributed by atoms with van der Waals surface area (Å²) in [5.74, 6) is -1.91. The quantitative estimate of drug-likeness (QED) is 0.499. The number of carbonyl (C=O) groups is 3. The van der Waals surface area contributed by atoms with Gasteiger partial charge in [0.1, 0.15) is 17.3 Å². The van der Waals surface area contributed by atoms with Crippen molar-refractivity contribution in [1.82, 2.24) is 15.2 Å². The zero-order valence-electron chi connectivity index (χ0n) is 17.5. The van der Waals surface area contributed by atoms with E-state index in [1.807, 2.05) is 0 Å². The Labute approximate surface area is 193 Å². The first kappa shape index (κ1) is 22.9. The van der Waals surface area contributed by atoms with Gasteiger partial charge in [-0.2, -0.15) is 0 Å².